The van der Waals surface area contributed by atoms with Crippen molar-refractivity contribution in [3.63, 3.8) is 0 Å². The first-order chi connectivity index (χ1) is 13.8. The fraction of sp³-hybridized carbons (Fsp3) is 0.235. The van der Waals surface area contributed by atoms with Crippen molar-refractivity contribution in [3.05, 3.63) is 42.4 Å². The molecule has 0 radical (unpaired) electrons. The lowest BCUT2D eigenvalue weighted by atomic mass is 10.3. The first kappa shape index (κ1) is 19.1. The van der Waals surface area contributed by atoms with E-state index in [-0.39, 0.29) is 24.8 Å². The molecular formula is C17H17FN6O4S. The van der Waals surface area contributed by atoms with Crippen LogP contribution in [0, 0.1) is 12.7 Å². The zero-order chi connectivity index (χ0) is 20.6. The zero-order valence-corrected chi connectivity index (χ0v) is 16.3. The molecule has 0 fully saturated rings. The van der Waals surface area contributed by atoms with Gasteiger partial charge in [0.05, 0.1) is 24.0 Å². The molecule has 12 heteroatoms. The molecule has 2 N–H and O–H groups in total. The van der Waals surface area contributed by atoms with Crippen LogP contribution in [0.3, 0.4) is 0 Å². The van der Waals surface area contributed by atoms with Crippen LogP contribution >= 0.6 is 0 Å². The van der Waals surface area contributed by atoms with Crippen molar-refractivity contribution in [1.82, 2.24) is 29.3 Å². The van der Waals surface area contributed by atoms with Gasteiger partial charge in [-0.05, 0) is 13.0 Å². The maximum Gasteiger partial charge on any atom is 0.247 e. The molecule has 0 amide bonds. The predicted octanol–water partition coefficient (Wildman–Crippen LogP) is 1.77. The fourth-order valence-corrected chi connectivity index (χ4v) is 3.30. The monoisotopic (exact) mass is 420 g/mol. The largest absolute Gasteiger partial charge is 0.490 e. The Morgan fingerprint density at radius 3 is 2.93 bits per heavy atom. The van der Waals surface area contributed by atoms with Crippen molar-refractivity contribution < 1.29 is 22.3 Å². The summed E-state index contributed by atoms with van der Waals surface area (Å²) in [5.74, 6) is -0.0128. The third-order valence-corrected chi connectivity index (χ3v) is 4.89. The average Bonchev–Trinajstić information content (AvgIpc) is 3.26. The van der Waals surface area contributed by atoms with Gasteiger partial charge in [0, 0.05) is 18.3 Å². The molecule has 0 saturated carbocycles. The maximum atomic E-state index is 14.7. The molecule has 0 atom stereocenters. The highest BCUT2D eigenvalue weighted by molar-refractivity contribution is 7.88. The third-order valence-electron chi connectivity index (χ3n) is 4.17. The number of hydrogen-bond acceptors (Lipinski definition) is 7. The Labute approximate surface area is 164 Å². The number of fused-ring (bicyclic) bond motifs is 2. The first-order valence-corrected chi connectivity index (χ1v) is 10.4. The number of nitrogens with zero attached hydrogens (tertiary/aromatic N) is 4. The lowest BCUT2D eigenvalue weighted by molar-refractivity contribution is 0.321. The van der Waals surface area contributed by atoms with E-state index in [1.807, 2.05) is 0 Å². The number of halogens is 1. The lowest BCUT2D eigenvalue weighted by Gasteiger charge is -2.08. The molecule has 0 saturated heterocycles. The Balaban J connectivity index is 1.61. The normalized spacial score (nSPS) is 12.0. The van der Waals surface area contributed by atoms with Crippen LogP contribution in [-0.2, 0) is 10.0 Å². The van der Waals surface area contributed by atoms with Crippen LogP contribution in [0.15, 0.2) is 31.0 Å². The van der Waals surface area contributed by atoms with Crippen LogP contribution in [0.5, 0.6) is 17.4 Å². The van der Waals surface area contributed by atoms with E-state index in [9.17, 15) is 12.8 Å². The second-order valence-corrected chi connectivity index (χ2v) is 8.10. The number of ether oxygens (including phenoxy) is 2. The van der Waals surface area contributed by atoms with Crippen LogP contribution < -0.4 is 14.2 Å². The standard InChI is InChI=1S/C17H17FN6O4S/c1-10-13(27-6-5-23-29(2,25)26)8-24-15(10)17(21-9-22-24)28-12-7-20-16-11(14(12)18)3-4-19-16/h3-4,7-9,23H,5-6H2,1-2H3,(H,19,20). The quantitative estimate of drug-likeness (QED) is 0.437. The molecule has 0 aromatic carbocycles. The van der Waals surface area contributed by atoms with Gasteiger partial charge in [-0.2, -0.15) is 10.1 Å². The van der Waals surface area contributed by atoms with E-state index in [1.54, 1.807) is 25.4 Å². The Kier molecular flexibility index (Phi) is 4.80. The van der Waals surface area contributed by atoms with Crippen molar-refractivity contribution in [2.24, 2.45) is 0 Å². The summed E-state index contributed by atoms with van der Waals surface area (Å²) < 4.78 is 52.1. The second-order valence-electron chi connectivity index (χ2n) is 6.27. The van der Waals surface area contributed by atoms with E-state index in [0.29, 0.717) is 27.9 Å². The summed E-state index contributed by atoms with van der Waals surface area (Å²) in [5.41, 5.74) is 1.57. The Morgan fingerprint density at radius 1 is 1.31 bits per heavy atom. The fourth-order valence-electron chi connectivity index (χ4n) is 2.85. The molecule has 4 heterocycles. The van der Waals surface area contributed by atoms with Crippen molar-refractivity contribution >= 4 is 26.6 Å². The smallest absolute Gasteiger partial charge is 0.247 e. The molecule has 0 spiro atoms. The van der Waals surface area contributed by atoms with Crippen molar-refractivity contribution in [2.45, 2.75) is 6.92 Å². The number of nitrogens with one attached hydrogen (secondary N) is 2. The van der Waals surface area contributed by atoms with Crippen LogP contribution in [0.25, 0.3) is 16.6 Å². The Hall–Kier alpha value is -3.25. The van der Waals surface area contributed by atoms with E-state index in [4.69, 9.17) is 9.47 Å². The Bertz CT molecular complexity index is 1300. The van der Waals surface area contributed by atoms with Crippen molar-refractivity contribution in [3.8, 4) is 17.4 Å². The number of sulfonamides is 1. The van der Waals surface area contributed by atoms with E-state index in [2.05, 4.69) is 24.8 Å². The molecule has 152 valence electrons. The second kappa shape index (κ2) is 7.29. The van der Waals surface area contributed by atoms with Gasteiger partial charge >= 0.3 is 0 Å². The lowest BCUT2D eigenvalue weighted by Crippen LogP contribution is -2.26. The van der Waals surface area contributed by atoms with E-state index >= 15 is 0 Å². The Morgan fingerprint density at radius 2 is 2.14 bits per heavy atom. The zero-order valence-electron chi connectivity index (χ0n) is 15.5. The summed E-state index contributed by atoms with van der Waals surface area (Å²) in [6.07, 6.45) is 6.83. The summed E-state index contributed by atoms with van der Waals surface area (Å²) in [4.78, 5) is 11.1. The number of pyridine rings is 1. The molecule has 0 aliphatic rings. The molecule has 4 rings (SSSR count). The van der Waals surface area contributed by atoms with E-state index in [0.717, 1.165) is 6.26 Å². The van der Waals surface area contributed by atoms with Crippen LogP contribution in [-0.4, -0.2) is 52.4 Å². The van der Waals surface area contributed by atoms with Crippen LogP contribution in [0.4, 0.5) is 4.39 Å². The van der Waals surface area contributed by atoms with Gasteiger partial charge in [-0.3, -0.25) is 0 Å². The molecule has 0 aliphatic carbocycles. The molecule has 0 bridgehead atoms. The maximum absolute atomic E-state index is 14.7. The van der Waals surface area contributed by atoms with Gasteiger partial charge < -0.3 is 14.5 Å². The number of rotatable bonds is 7. The minimum atomic E-state index is -3.29. The molecule has 0 aliphatic heterocycles. The van der Waals surface area contributed by atoms with Crippen LogP contribution in [0.1, 0.15) is 5.56 Å². The molecular weight excluding hydrogens is 403 g/mol. The summed E-state index contributed by atoms with van der Waals surface area (Å²) in [6.45, 7) is 2.01. The first-order valence-electron chi connectivity index (χ1n) is 8.53. The minimum Gasteiger partial charge on any atom is -0.490 e. The van der Waals surface area contributed by atoms with Crippen molar-refractivity contribution in [2.75, 3.05) is 19.4 Å². The summed E-state index contributed by atoms with van der Waals surface area (Å²) >= 11 is 0. The third kappa shape index (κ3) is 3.84. The van der Waals surface area contributed by atoms with Gasteiger partial charge in [0.25, 0.3) is 0 Å². The SMILES string of the molecule is Cc1c(OCCNS(C)(=O)=O)cn2ncnc(Oc3cnc4[nH]ccc4c3F)c12. The van der Waals surface area contributed by atoms with Crippen LogP contribution in [0.2, 0.25) is 0 Å². The van der Waals surface area contributed by atoms with Gasteiger partial charge in [-0.15, -0.1) is 0 Å². The van der Waals surface area contributed by atoms with Gasteiger partial charge in [0.2, 0.25) is 15.9 Å². The highest BCUT2D eigenvalue weighted by Gasteiger charge is 2.18. The van der Waals surface area contributed by atoms with Gasteiger partial charge in [0.15, 0.2) is 11.6 Å². The summed E-state index contributed by atoms with van der Waals surface area (Å²) in [7, 11) is -3.29. The van der Waals surface area contributed by atoms with Gasteiger partial charge in [0.1, 0.15) is 29.8 Å². The van der Waals surface area contributed by atoms with Gasteiger partial charge in [-0.25, -0.2) is 27.0 Å². The molecule has 0 unspecified atom stereocenters. The summed E-state index contributed by atoms with van der Waals surface area (Å²) in [6, 6.07) is 1.57. The highest BCUT2D eigenvalue weighted by Crippen LogP contribution is 2.33. The highest BCUT2D eigenvalue weighted by atomic mass is 32.2. The number of hydrogen-bond donors (Lipinski definition) is 2. The molecule has 4 aromatic rings. The number of aryl methyl sites for hydroxylation is 1. The molecule has 10 nitrogen and oxygen atoms in total. The molecule has 29 heavy (non-hydrogen) atoms. The minimum absolute atomic E-state index is 0.0712. The molecule has 4 aromatic heterocycles. The number of aromatic amines is 1. The summed E-state index contributed by atoms with van der Waals surface area (Å²) in [5, 5.41) is 4.42. The number of aromatic nitrogens is 5. The average molecular weight is 420 g/mol. The van der Waals surface area contributed by atoms with Gasteiger partial charge in [-0.1, -0.05) is 0 Å². The topological polar surface area (TPSA) is 124 Å². The van der Waals surface area contributed by atoms with Crippen molar-refractivity contribution in [1.29, 1.82) is 0 Å². The van der Waals surface area contributed by atoms with E-state index in [1.165, 1.54) is 17.0 Å². The van der Waals surface area contributed by atoms with E-state index < -0.39 is 15.8 Å². The number of H-pyrrole nitrogens is 1. The predicted molar refractivity (Wildman–Crippen MR) is 102 cm³/mol.